The van der Waals surface area contributed by atoms with E-state index in [0.29, 0.717) is 5.56 Å². The molecule has 1 amide bonds. The number of hydrogen-bond donors (Lipinski definition) is 2. The van der Waals surface area contributed by atoms with Crippen molar-refractivity contribution < 1.29 is 14.7 Å². The van der Waals surface area contributed by atoms with Crippen LogP contribution in [0.5, 0.6) is 0 Å². The maximum Gasteiger partial charge on any atom is 0.322 e. The highest BCUT2D eigenvalue weighted by Crippen LogP contribution is 2.17. The molecule has 2 N–H and O–H groups in total. The first-order valence-corrected chi connectivity index (χ1v) is 6.88. The van der Waals surface area contributed by atoms with Crippen LogP contribution in [-0.2, 0) is 4.79 Å². The van der Waals surface area contributed by atoms with E-state index in [4.69, 9.17) is 5.11 Å². The van der Waals surface area contributed by atoms with Crippen molar-refractivity contribution in [3.8, 4) is 0 Å². The molecular weight excluding hydrogens is 258 g/mol. The number of rotatable bonds is 4. The van der Waals surface area contributed by atoms with Gasteiger partial charge in [0.15, 0.2) is 0 Å². The van der Waals surface area contributed by atoms with Gasteiger partial charge in [-0.3, -0.25) is 9.59 Å². The third-order valence-corrected chi connectivity index (χ3v) is 3.34. The van der Waals surface area contributed by atoms with Crippen LogP contribution in [0.3, 0.4) is 0 Å². The highest BCUT2D eigenvalue weighted by molar-refractivity contribution is 5.95. The zero-order valence-electron chi connectivity index (χ0n) is 11.3. The molecular formula is C14H19N3O3. The molecule has 1 aromatic rings. The molecule has 0 aliphatic carbocycles. The molecule has 2 rings (SSSR count). The Balaban J connectivity index is 1.98. The minimum Gasteiger partial charge on any atom is -0.480 e. The molecule has 0 saturated carbocycles. The molecule has 6 heteroatoms. The summed E-state index contributed by atoms with van der Waals surface area (Å²) in [6.07, 6.45) is 6.35. The number of aromatic nitrogens is 1. The van der Waals surface area contributed by atoms with Crippen LogP contribution < -0.4 is 10.2 Å². The Labute approximate surface area is 117 Å². The van der Waals surface area contributed by atoms with Gasteiger partial charge in [-0.1, -0.05) is 12.8 Å². The lowest BCUT2D eigenvalue weighted by Gasteiger charge is -2.21. The van der Waals surface area contributed by atoms with Crippen LogP contribution in [0, 0.1) is 0 Å². The number of anilines is 1. The number of carboxylic acid groups (broad SMARTS) is 1. The molecule has 0 aromatic carbocycles. The van der Waals surface area contributed by atoms with Crippen molar-refractivity contribution in [1.29, 1.82) is 0 Å². The minimum atomic E-state index is -1.06. The van der Waals surface area contributed by atoms with Gasteiger partial charge in [0.05, 0.1) is 5.56 Å². The van der Waals surface area contributed by atoms with Crippen molar-refractivity contribution in [3.05, 3.63) is 23.9 Å². The Morgan fingerprint density at radius 3 is 2.45 bits per heavy atom. The zero-order chi connectivity index (χ0) is 14.4. The smallest absolute Gasteiger partial charge is 0.322 e. The molecule has 1 aliphatic rings. The lowest BCUT2D eigenvalue weighted by molar-refractivity contribution is -0.135. The third-order valence-electron chi connectivity index (χ3n) is 3.34. The van der Waals surface area contributed by atoms with Crippen molar-refractivity contribution in [2.45, 2.75) is 25.7 Å². The molecule has 1 aliphatic heterocycles. The van der Waals surface area contributed by atoms with E-state index in [-0.39, 0.29) is 6.54 Å². The van der Waals surface area contributed by atoms with Crippen LogP contribution in [0.1, 0.15) is 36.0 Å². The van der Waals surface area contributed by atoms with E-state index in [1.54, 1.807) is 6.07 Å². The molecule has 20 heavy (non-hydrogen) atoms. The summed E-state index contributed by atoms with van der Waals surface area (Å²) in [5.74, 6) is -0.600. The molecule has 1 saturated heterocycles. The predicted molar refractivity (Wildman–Crippen MR) is 74.9 cm³/mol. The summed E-state index contributed by atoms with van der Waals surface area (Å²) < 4.78 is 0. The monoisotopic (exact) mass is 277 g/mol. The van der Waals surface area contributed by atoms with Gasteiger partial charge in [-0.25, -0.2) is 4.98 Å². The van der Waals surface area contributed by atoms with Crippen molar-refractivity contribution >= 4 is 17.7 Å². The van der Waals surface area contributed by atoms with Crippen LogP contribution >= 0.6 is 0 Å². The molecule has 0 atom stereocenters. The van der Waals surface area contributed by atoms with Crippen molar-refractivity contribution in [2.75, 3.05) is 24.5 Å². The molecule has 6 nitrogen and oxygen atoms in total. The number of nitrogens with zero attached hydrogens (tertiary/aromatic N) is 2. The molecule has 0 bridgehead atoms. The van der Waals surface area contributed by atoms with E-state index in [1.807, 2.05) is 6.07 Å². The molecule has 108 valence electrons. The highest BCUT2D eigenvalue weighted by Gasteiger charge is 2.12. The average Bonchev–Trinajstić information content (AvgIpc) is 2.74. The number of aliphatic carboxylic acids is 1. The molecule has 0 radical (unpaired) electrons. The van der Waals surface area contributed by atoms with E-state index < -0.39 is 11.9 Å². The summed E-state index contributed by atoms with van der Waals surface area (Å²) in [6, 6.07) is 3.51. The summed E-state index contributed by atoms with van der Waals surface area (Å²) in [7, 11) is 0. The molecule has 0 unspecified atom stereocenters. The summed E-state index contributed by atoms with van der Waals surface area (Å²) in [4.78, 5) is 28.6. The van der Waals surface area contributed by atoms with Gasteiger partial charge in [0, 0.05) is 19.3 Å². The second-order valence-electron chi connectivity index (χ2n) is 4.88. The number of carbonyl (C=O) groups is 2. The zero-order valence-corrected chi connectivity index (χ0v) is 11.3. The fraction of sp³-hybridized carbons (Fsp3) is 0.500. The van der Waals surface area contributed by atoms with E-state index in [0.717, 1.165) is 18.9 Å². The third kappa shape index (κ3) is 3.94. The maximum atomic E-state index is 11.7. The number of carboxylic acids is 1. The number of pyridine rings is 1. The van der Waals surface area contributed by atoms with Gasteiger partial charge in [0.25, 0.3) is 5.91 Å². The number of nitrogens with one attached hydrogen (secondary N) is 1. The second-order valence-corrected chi connectivity index (χ2v) is 4.88. The van der Waals surface area contributed by atoms with E-state index in [2.05, 4.69) is 15.2 Å². The van der Waals surface area contributed by atoms with Gasteiger partial charge in [0.1, 0.15) is 12.4 Å². The van der Waals surface area contributed by atoms with Crippen LogP contribution in [-0.4, -0.2) is 41.6 Å². The van der Waals surface area contributed by atoms with Gasteiger partial charge in [-0.2, -0.15) is 0 Å². The predicted octanol–water partition coefficient (Wildman–Crippen LogP) is 1.28. The average molecular weight is 277 g/mol. The second kappa shape index (κ2) is 6.88. The van der Waals surface area contributed by atoms with Crippen molar-refractivity contribution in [2.24, 2.45) is 0 Å². The minimum absolute atomic E-state index is 0.379. The van der Waals surface area contributed by atoms with Gasteiger partial charge in [-0.05, 0) is 25.0 Å². The quantitative estimate of drug-likeness (QED) is 0.866. The lowest BCUT2D eigenvalue weighted by atomic mass is 10.2. The SMILES string of the molecule is O=C(O)CNC(=O)c1ccc(N2CCCCCC2)nc1. The lowest BCUT2D eigenvalue weighted by Crippen LogP contribution is -2.29. The van der Waals surface area contributed by atoms with Gasteiger partial charge >= 0.3 is 5.97 Å². The largest absolute Gasteiger partial charge is 0.480 e. The Hall–Kier alpha value is -2.11. The molecule has 0 spiro atoms. The van der Waals surface area contributed by atoms with Gasteiger partial charge in [-0.15, -0.1) is 0 Å². The highest BCUT2D eigenvalue weighted by atomic mass is 16.4. The normalized spacial score (nSPS) is 15.5. The standard InChI is InChI=1S/C14H19N3O3/c18-13(19)10-16-14(20)11-5-6-12(15-9-11)17-7-3-1-2-4-8-17/h5-6,9H,1-4,7-8,10H2,(H,16,20)(H,18,19). The summed E-state index contributed by atoms with van der Waals surface area (Å²) in [5.41, 5.74) is 0.379. The molecule has 1 fully saturated rings. The first kappa shape index (κ1) is 14.3. The van der Waals surface area contributed by atoms with Crippen LogP contribution in [0.25, 0.3) is 0 Å². The number of carbonyl (C=O) groups excluding carboxylic acids is 1. The fourth-order valence-electron chi connectivity index (χ4n) is 2.27. The number of amides is 1. The van der Waals surface area contributed by atoms with Crippen LogP contribution in [0.4, 0.5) is 5.82 Å². The summed E-state index contributed by atoms with van der Waals surface area (Å²) >= 11 is 0. The summed E-state index contributed by atoms with van der Waals surface area (Å²) in [6.45, 7) is 1.61. The summed E-state index contributed by atoms with van der Waals surface area (Å²) in [5, 5.41) is 10.8. The number of hydrogen-bond acceptors (Lipinski definition) is 4. The van der Waals surface area contributed by atoms with Crippen LogP contribution in [0.15, 0.2) is 18.3 Å². The topological polar surface area (TPSA) is 82.5 Å². The fourth-order valence-corrected chi connectivity index (χ4v) is 2.27. The van der Waals surface area contributed by atoms with Crippen LogP contribution in [0.2, 0.25) is 0 Å². The van der Waals surface area contributed by atoms with Gasteiger partial charge < -0.3 is 15.3 Å². The Kier molecular flexibility index (Phi) is 4.92. The molecule has 1 aromatic heterocycles. The first-order chi connectivity index (χ1) is 9.66. The van der Waals surface area contributed by atoms with Crippen molar-refractivity contribution in [1.82, 2.24) is 10.3 Å². The van der Waals surface area contributed by atoms with E-state index in [9.17, 15) is 9.59 Å². The Morgan fingerprint density at radius 1 is 1.20 bits per heavy atom. The Morgan fingerprint density at radius 2 is 1.90 bits per heavy atom. The van der Waals surface area contributed by atoms with E-state index in [1.165, 1.54) is 31.9 Å². The first-order valence-electron chi connectivity index (χ1n) is 6.88. The maximum absolute atomic E-state index is 11.7. The Bertz CT molecular complexity index is 465. The van der Waals surface area contributed by atoms with E-state index >= 15 is 0 Å². The molecule has 2 heterocycles. The van der Waals surface area contributed by atoms with Gasteiger partial charge in [0.2, 0.25) is 0 Å². The van der Waals surface area contributed by atoms with Crippen molar-refractivity contribution in [3.63, 3.8) is 0 Å².